The first-order valence-corrected chi connectivity index (χ1v) is 16.4. The number of hydrogen-bond acceptors (Lipinski definition) is 8. The number of halogens is 2. The Labute approximate surface area is 228 Å². The number of nitrogens with zero attached hydrogens (tertiary/aromatic N) is 2. The Bertz CT molecular complexity index is 1570. The van der Waals surface area contributed by atoms with E-state index in [1.54, 1.807) is 4.90 Å². The third-order valence-corrected chi connectivity index (χ3v) is 10.4. The molecule has 0 bridgehead atoms. The van der Waals surface area contributed by atoms with Crippen molar-refractivity contribution in [1.29, 1.82) is 0 Å². The van der Waals surface area contributed by atoms with Crippen LogP contribution in [-0.4, -0.2) is 51.6 Å². The number of nitrogens with one attached hydrogen (secondary N) is 2. The monoisotopic (exact) mass is 602 g/mol. The minimum atomic E-state index is -4.34. The first-order valence-electron chi connectivity index (χ1n) is 11.8. The molecule has 1 aromatic heterocycles. The van der Waals surface area contributed by atoms with Gasteiger partial charge in [0.2, 0.25) is 15.9 Å². The normalized spacial score (nSPS) is 24.9. The van der Waals surface area contributed by atoms with Crippen molar-refractivity contribution in [3.8, 4) is 0 Å². The summed E-state index contributed by atoms with van der Waals surface area (Å²) in [6.07, 6.45) is 3.77. The maximum absolute atomic E-state index is 13.8. The molecule has 2 aliphatic heterocycles. The quantitative estimate of drug-likeness (QED) is 0.484. The van der Waals surface area contributed by atoms with Gasteiger partial charge in [-0.25, -0.2) is 17.5 Å². The van der Waals surface area contributed by atoms with E-state index in [0.29, 0.717) is 18.4 Å². The second kappa shape index (κ2) is 9.97. The van der Waals surface area contributed by atoms with Crippen molar-refractivity contribution < 1.29 is 30.8 Å². The summed E-state index contributed by atoms with van der Waals surface area (Å²) in [4.78, 5) is 28.8. The zero-order chi connectivity index (χ0) is 27.4. The molecule has 1 amide bonds. The van der Waals surface area contributed by atoms with Crippen LogP contribution in [0.1, 0.15) is 36.8 Å². The smallest absolute Gasteiger partial charge is 0.287 e. The summed E-state index contributed by atoms with van der Waals surface area (Å²) >= 11 is 6.95. The number of rotatable bonds is 6. The Morgan fingerprint density at radius 3 is 2.71 bits per heavy atom. The number of sulfonamides is 2. The van der Waals surface area contributed by atoms with Crippen LogP contribution in [0, 0.1) is 17.7 Å². The maximum Gasteiger partial charge on any atom is 0.287 e. The van der Waals surface area contributed by atoms with Crippen LogP contribution in [0.2, 0.25) is 5.02 Å². The lowest BCUT2D eigenvalue weighted by molar-refractivity contribution is -0.152. The van der Waals surface area contributed by atoms with Crippen molar-refractivity contribution in [2.75, 3.05) is 11.6 Å². The fourth-order valence-corrected chi connectivity index (χ4v) is 8.55. The highest BCUT2D eigenvalue weighted by atomic mass is 35.5. The number of piperidine rings is 1. The number of amides is 1. The third-order valence-electron chi connectivity index (χ3n) is 6.98. The largest absolute Gasteiger partial charge is 0.334 e. The summed E-state index contributed by atoms with van der Waals surface area (Å²) in [6, 6.07) is 3.79. The topological polar surface area (TPSA) is 142 Å². The van der Waals surface area contributed by atoms with Gasteiger partial charge in [-0.2, -0.15) is 8.42 Å². The van der Waals surface area contributed by atoms with Crippen LogP contribution in [-0.2, 0) is 42.7 Å². The van der Waals surface area contributed by atoms with Crippen molar-refractivity contribution in [3.05, 3.63) is 45.5 Å². The summed E-state index contributed by atoms with van der Waals surface area (Å²) in [5, 5.41) is 4.42. The summed E-state index contributed by atoms with van der Waals surface area (Å²) in [5.41, 5.74) is 0.783. The Morgan fingerprint density at radius 2 is 2.00 bits per heavy atom. The van der Waals surface area contributed by atoms with Crippen LogP contribution >= 0.6 is 22.9 Å². The van der Waals surface area contributed by atoms with E-state index in [0.717, 1.165) is 30.4 Å². The fraction of sp³-hybridized carbons (Fsp3) is 0.435. The second-order valence-corrected chi connectivity index (χ2v) is 14.3. The summed E-state index contributed by atoms with van der Waals surface area (Å²) in [7, 11) is -7.91. The first kappa shape index (κ1) is 27.2. The molecule has 3 atom stereocenters. The van der Waals surface area contributed by atoms with Crippen molar-refractivity contribution in [3.63, 3.8) is 0 Å². The number of amidine groups is 1. The molecule has 0 radical (unpaired) electrons. The predicted octanol–water partition coefficient (Wildman–Crippen LogP) is 2.89. The van der Waals surface area contributed by atoms with Gasteiger partial charge >= 0.3 is 0 Å². The summed E-state index contributed by atoms with van der Waals surface area (Å²) < 4.78 is 69.2. The van der Waals surface area contributed by atoms with Crippen LogP contribution in [0.5, 0.6) is 0 Å². The number of fused-ring (bicyclic) bond motifs is 2. The maximum atomic E-state index is 13.8. The van der Waals surface area contributed by atoms with Crippen LogP contribution in [0.15, 0.2) is 32.9 Å². The number of ketones is 1. The SMILES string of the molecule is CS(=O)(=O)NCc1csc2c1S(=O)(=O)N=C(C1C(=O)[C@H]3CCCC[C@H]3N(Cc3ccc(F)c(Cl)c3)C1=O)N2. The Balaban J connectivity index is 1.49. The molecule has 2 aromatic rings. The van der Waals surface area contributed by atoms with E-state index in [1.807, 2.05) is 0 Å². The van der Waals surface area contributed by atoms with Gasteiger partial charge < -0.3 is 10.2 Å². The van der Waals surface area contributed by atoms with Gasteiger partial charge in [-0.1, -0.05) is 30.5 Å². The van der Waals surface area contributed by atoms with Crippen molar-refractivity contribution >= 4 is 65.5 Å². The van der Waals surface area contributed by atoms with E-state index in [1.165, 1.54) is 23.6 Å². The number of benzene rings is 1. The number of Topliss-reactive ketones (excluding diaryl/α,β-unsaturated/α-hetero) is 1. The molecule has 3 aliphatic rings. The summed E-state index contributed by atoms with van der Waals surface area (Å²) in [5.74, 6) is -3.77. The van der Waals surface area contributed by atoms with Gasteiger partial charge in [0.1, 0.15) is 21.5 Å². The molecule has 2 N–H and O–H groups in total. The molecule has 10 nitrogen and oxygen atoms in total. The lowest BCUT2D eigenvalue weighted by Crippen LogP contribution is -2.60. The van der Waals surface area contributed by atoms with Gasteiger partial charge in [-0.05, 0) is 35.9 Å². The highest BCUT2D eigenvalue weighted by Crippen LogP contribution is 2.41. The average molecular weight is 603 g/mol. The van der Waals surface area contributed by atoms with Crippen LogP contribution in [0.4, 0.5) is 9.39 Å². The Kier molecular flexibility index (Phi) is 7.14. The number of carbonyl (C=O) groups excluding carboxylic acids is 2. The molecule has 0 spiro atoms. The van der Waals surface area contributed by atoms with Gasteiger partial charge in [0.25, 0.3) is 10.0 Å². The van der Waals surface area contributed by atoms with Crippen LogP contribution < -0.4 is 10.0 Å². The molecule has 3 heterocycles. The zero-order valence-corrected chi connectivity index (χ0v) is 23.3. The van der Waals surface area contributed by atoms with Gasteiger partial charge in [-0.15, -0.1) is 15.7 Å². The zero-order valence-electron chi connectivity index (χ0n) is 20.1. The van der Waals surface area contributed by atoms with E-state index in [9.17, 15) is 30.8 Å². The standard InChI is InChI=1S/C23H24ClFN4O6S3/c1-37(32,33)26-9-13-11-36-22-20(13)38(34,35)28-21(27-22)18-19(30)14-4-2-3-5-17(14)29(23(18)31)10-12-6-7-16(25)15(24)8-12/h6-8,11,14,17-18,26H,2-5,9-10H2,1H3,(H,27,28)/t14-,17+,18?/m0/s1. The molecule has 5 rings (SSSR count). The van der Waals surface area contributed by atoms with E-state index in [2.05, 4.69) is 14.4 Å². The predicted molar refractivity (Wildman–Crippen MR) is 140 cm³/mol. The molecular formula is C23H24ClFN4O6S3. The number of hydrogen-bond donors (Lipinski definition) is 2. The second-order valence-electron chi connectivity index (χ2n) is 9.60. The molecule has 204 valence electrons. The molecule has 2 fully saturated rings. The molecule has 1 aromatic carbocycles. The molecule has 1 saturated carbocycles. The first-order chi connectivity index (χ1) is 17.9. The lowest BCUT2D eigenvalue weighted by atomic mass is 9.73. The molecule has 15 heteroatoms. The average Bonchev–Trinajstić information content (AvgIpc) is 3.26. The van der Waals surface area contributed by atoms with E-state index >= 15 is 0 Å². The fourth-order valence-electron chi connectivity index (χ4n) is 5.28. The minimum absolute atomic E-state index is 0.0787. The Morgan fingerprint density at radius 1 is 1.26 bits per heavy atom. The highest BCUT2D eigenvalue weighted by molar-refractivity contribution is 7.91. The highest BCUT2D eigenvalue weighted by Gasteiger charge is 2.51. The van der Waals surface area contributed by atoms with Gasteiger partial charge in [-0.3, -0.25) is 9.59 Å². The van der Waals surface area contributed by atoms with Crippen molar-refractivity contribution in [1.82, 2.24) is 9.62 Å². The van der Waals surface area contributed by atoms with Gasteiger partial charge in [0, 0.05) is 30.6 Å². The summed E-state index contributed by atoms with van der Waals surface area (Å²) in [6.45, 7) is -0.176. The number of carbonyl (C=O) groups is 2. The van der Waals surface area contributed by atoms with Crippen molar-refractivity contribution in [2.45, 2.75) is 49.7 Å². The van der Waals surface area contributed by atoms with Crippen LogP contribution in [0.25, 0.3) is 0 Å². The van der Waals surface area contributed by atoms with E-state index < -0.39 is 43.6 Å². The Hall–Kier alpha value is -2.39. The minimum Gasteiger partial charge on any atom is -0.334 e. The number of anilines is 1. The van der Waals surface area contributed by atoms with Crippen molar-refractivity contribution in [2.24, 2.45) is 16.2 Å². The molecule has 1 saturated heterocycles. The molecule has 38 heavy (non-hydrogen) atoms. The van der Waals surface area contributed by atoms with Gasteiger partial charge in [0.15, 0.2) is 11.7 Å². The lowest BCUT2D eigenvalue weighted by Gasteiger charge is -2.46. The van der Waals surface area contributed by atoms with E-state index in [4.69, 9.17) is 11.6 Å². The molecule has 1 aliphatic carbocycles. The van der Waals surface area contributed by atoms with Crippen LogP contribution in [0.3, 0.4) is 0 Å². The third kappa shape index (κ3) is 5.11. The van der Waals surface area contributed by atoms with Gasteiger partial charge in [0.05, 0.1) is 11.3 Å². The van der Waals surface area contributed by atoms with E-state index in [-0.39, 0.29) is 51.2 Å². The molecular weight excluding hydrogens is 579 g/mol. The number of likely N-dealkylation sites (tertiary alicyclic amines) is 1. The molecule has 1 unspecified atom stereocenters. The number of thiophene rings is 1.